The van der Waals surface area contributed by atoms with Crippen LogP contribution in [0.2, 0.25) is 0 Å². The van der Waals surface area contributed by atoms with Crippen molar-refractivity contribution >= 4 is 12.1 Å². The van der Waals surface area contributed by atoms with Crippen LogP contribution in [-0.4, -0.2) is 55.0 Å². The second kappa shape index (κ2) is 6.74. The number of hydrogen-bond donors (Lipinski definition) is 0. The fourth-order valence-corrected chi connectivity index (χ4v) is 2.00. The van der Waals surface area contributed by atoms with Crippen LogP contribution >= 0.6 is 0 Å². The number of amides is 1. The molecule has 114 valence electrons. The third-order valence-corrected chi connectivity index (χ3v) is 2.81. The molecule has 0 aromatic heterocycles. The van der Waals surface area contributed by atoms with Crippen molar-refractivity contribution in [2.75, 3.05) is 20.3 Å². The highest BCUT2D eigenvalue weighted by Crippen LogP contribution is 2.24. The lowest BCUT2D eigenvalue weighted by molar-refractivity contribution is -0.145. The van der Waals surface area contributed by atoms with Gasteiger partial charge in [0.25, 0.3) is 0 Å². The Bertz CT molecular complexity index is 374. The normalized spacial score (nSPS) is 22.5. The minimum Gasteiger partial charge on any atom is -0.467 e. The summed E-state index contributed by atoms with van der Waals surface area (Å²) in [4.78, 5) is 25.3. The van der Waals surface area contributed by atoms with Gasteiger partial charge in [-0.3, -0.25) is 4.90 Å². The summed E-state index contributed by atoms with van der Waals surface area (Å²) in [6.45, 7) is 9.59. The fraction of sp³-hybridized carbons (Fsp3) is 0.714. The molecule has 0 spiro atoms. The Morgan fingerprint density at radius 1 is 1.40 bits per heavy atom. The van der Waals surface area contributed by atoms with Gasteiger partial charge in [0.15, 0.2) is 0 Å². The lowest BCUT2D eigenvalue weighted by Gasteiger charge is -2.27. The van der Waals surface area contributed by atoms with E-state index in [1.54, 1.807) is 26.8 Å². The van der Waals surface area contributed by atoms with E-state index in [0.717, 1.165) is 0 Å². The van der Waals surface area contributed by atoms with E-state index in [-0.39, 0.29) is 6.10 Å². The van der Waals surface area contributed by atoms with Gasteiger partial charge < -0.3 is 14.2 Å². The largest absolute Gasteiger partial charge is 0.467 e. The molecule has 0 N–H and O–H groups in total. The molecule has 1 aliphatic heterocycles. The van der Waals surface area contributed by atoms with Gasteiger partial charge in [0, 0.05) is 6.42 Å². The maximum absolute atomic E-state index is 12.1. The predicted octanol–water partition coefficient (Wildman–Crippen LogP) is 1.74. The third kappa shape index (κ3) is 4.52. The molecule has 20 heavy (non-hydrogen) atoms. The molecule has 0 aliphatic carbocycles. The summed E-state index contributed by atoms with van der Waals surface area (Å²) in [7, 11) is 1.30. The van der Waals surface area contributed by atoms with Crippen molar-refractivity contribution in [1.82, 2.24) is 4.90 Å². The van der Waals surface area contributed by atoms with Crippen LogP contribution in [0.25, 0.3) is 0 Å². The Balaban J connectivity index is 2.76. The van der Waals surface area contributed by atoms with Gasteiger partial charge in [0.1, 0.15) is 11.6 Å². The topological polar surface area (TPSA) is 65.1 Å². The number of carbonyl (C=O) groups excluding carboxylic acids is 2. The molecule has 1 amide bonds. The molecule has 1 saturated heterocycles. The quantitative estimate of drug-likeness (QED) is 0.581. The molecule has 0 aromatic carbocycles. The summed E-state index contributed by atoms with van der Waals surface area (Å²) in [5, 5.41) is 0. The van der Waals surface area contributed by atoms with E-state index in [0.29, 0.717) is 19.6 Å². The van der Waals surface area contributed by atoms with Crippen molar-refractivity contribution in [2.45, 2.75) is 44.9 Å². The summed E-state index contributed by atoms with van der Waals surface area (Å²) in [6, 6.07) is -0.662. The van der Waals surface area contributed by atoms with Gasteiger partial charge in [-0.15, -0.1) is 6.58 Å². The summed E-state index contributed by atoms with van der Waals surface area (Å²) < 4.78 is 15.5. The smallest absolute Gasteiger partial charge is 0.411 e. The Labute approximate surface area is 119 Å². The SMILES string of the molecule is C=CCO[C@@H]1C[C@H](C(=O)OC)N(C(=O)OC(C)(C)C)C1. The van der Waals surface area contributed by atoms with E-state index in [2.05, 4.69) is 6.58 Å². The zero-order valence-corrected chi connectivity index (χ0v) is 12.5. The van der Waals surface area contributed by atoms with E-state index >= 15 is 0 Å². The molecule has 1 rings (SSSR count). The maximum Gasteiger partial charge on any atom is 0.411 e. The predicted molar refractivity (Wildman–Crippen MR) is 73.3 cm³/mol. The maximum atomic E-state index is 12.1. The molecule has 1 heterocycles. The first-order chi connectivity index (χ1) is 9.28. The molecule has 0 unspecified atom stereocenters. The molecule has 0 bridgehead atoms. The number of ether oxygens (including phenoxy) is 3. The second-order valence-corrected chi connectivity index (χ2v) is 5.65. The molecule has 0 aromatic rings. The van der Waals surface area contributed by atoms with Crippen molar-refractivity contribution in [3.63, 3.8) is 0 Å². The standard InChI is InChI=1S/C14H23NO5/c1-6-7-19-10-8-11(12(16)18-5)15(9-10)13(17)20-14(2,3)4/h6,10-11H,1,7-9H2,2-5H3/t10-,11-/m1/s1. The number of nitrogens with zero attached hydrogens (tertiary/aromatic N) is 1. The molecular formula is C14H23NO5. The van der Waals surface area contributed by atoms with Crippen molar-refractivity contribution < 1.29 is 23.8 Å². The van der Waals surface area contributed by atoms with Crippen molar-refractivity contribution in [1.29, 1.82) is 0 Å². The lowest BCUT2D eigenvalue weighted by atomic mass is 10.2. The highest BCUT2D eigenvalue weighted by atomic mass is 16.6. The monoisotopic (exact) mass is 285 g/mol. The number of likely N-dealkylation sites (tertiary alicyclic amines) is 1. The van der Waals surface area contributed by atoms with Gasteiger partial charge in [-0.1, -0.05) is 6.08 Å². The fourth-order valence-electron chi connectivity index (χ4n) is 2.00. The van der Waals surface area contributed by atoms with Gasteiger partial charge in [-0.25, -0.2) is 9.59 Å². The van der Waals surface area contributed by atoms with Crippen LogP contribution in [0.5, 0.6) is 0 Å². The van der Waals surface area contributed by atoms with Gasteiger partial charge in [-0.05, 0) is 20.8 Å². The number of hydrogen-bond acceptors (Lipinski definition) is 5. The number of carbonyl (C=O) groups is 2. The zero-order valence-electron chi connectivity index (χ0n) is 12.5. The Morgan fingerprint density at radius 2 is 2.05 bits per heavy atom. The van der Waals surface area contributed by atoms with Gasteiger partial charge in [0.2, 0.25) is 0 Å². The van der Waals surface area contributed by atoms with E-state index < -0.39 is 23.7 Å². The van der Waals surface area contributed by atoms with Crippen molar-refractivity contribution in [3.8, 4) is 0 Å². The molecule has 1 fully saturated rings. The first-order valence-electron chi connectivity index (χ1n) is 6.58. The minimum absolute atomic E-state index is 0.218. The average molecular weight is 285 g/mol. The van der Waals surface area contributed by atoms with Crippen LogP contribution in [0.3, 0.4) is 0 Å². The zero-order chi connectivity index (χ0) is 15.3. The van der Waals surface area contributed by atoms with Crippen molar-refractivity contribution in [3.05, 3.63) is 12.7 Å². The number of esters is 1. The van der Waals surface area contributed by atoms with Crippen LogP contribution < -0.4 is 0 Å². The van der Waals surface area contributed by atoms with Crippen molar-refractivity contribution in [2.24, 2.45) is 0 Å². The first-order valence-corrected chi connectivity index (χ1v) is 6.58. The van der Waals surface area contributed by atoms with E-state index in [9.17, 15) is 9.59 Å². The van der Waals surface area contributed by atoms with Crippen LogP contribution in [0, 0.1) is 0 Å². The van der Waals surface area contributed by atoms with Crippen LogP contribution in [0.15, 0.2) is 12.7 Å². The summed E-state index contributed by atoms with van der Waals surface area (Å²) in [5.41, 5.74) is -0.613. The molecular weight excluding hydrogens is 262 g/mol. The lowest BCUT2D eigenvalue weighted by Crippen LogP contribution is -2.44. The second-order valence-electron chi connectivity index (χ2n) is 5.65. The van der Waals surface area contributed by atoms with Gasteiger partial charge in [0.05, 0.1) is 26.4 Å². The molecule has 6 nitrogen and oxygen atoms in total. The Kier molecular flexibility index (Phi) is 5.56. The van der Waals surface area contributed by atoms with Crippen LogP contribution in [-0.2, 0) is 19.0 Å². The third-order valence-electron chi connectivity index (χ3n) is 2.81. The number of rotatable bonds is 4. The molecule has 1 aliphatic rings. The van der Waals surface area contributed by atoms with E-state index in [4.69, 9.17) is 14.2 Å². The Morgan fingerprint density at radius 3 is 2.55 bits per heavy atom. The highest BCUT2D eigenvalue weighted by Gasteiger charge is 2.42. The van der Waals surface area contributed by atoms with Crippen LogP contribution in [0.1, 0.15) is 27.2 Å². The Hall–Kier alpha value is -1.56. The average Bonchev–Trinajstić information content (AvgIpc) is 2.77. The van der Waals surface area contributed by atoms with Crippen LogP contribution in [0.4, 0.5) is 4.79 Å². The van der Waals surface area contributed by atoms with Gasteiger partial charge in [-0.2, -0.15) is 0 Å². The first kappa shape index (κ1) is 16.5. The molecule has 6 heteroatoms. The van der Waals surface area contributed by atoms with Gasteiger partial charge >= 0.3 is 12.1 Å². The van der Waals surface area contributed by atoms with E-state index in [1.807, 2.05) is 0 Å². The molecule has 0 radical (unpaired) electrons. The van der Waals surface area contributed by atoms with E-state index in [1.165, 1.54) is 12.0 Å². The highest BCUT2D eigenvalue weighted by molar-refractivity contribution is 5.82. The molecule has 0 saturated carbocycles. The minimum atomic E-state index is -0.662. The summed E-state index contributed by atoms with van der Waals surface area (Å²) in [5.74, 6) is -0.458. The molecule has 2 atom stereocenters. The summed E-state index contributed by atoms with van der Waals surface area (Å²) in [6.07, 6.45) is 1.28. The summed E-state index contributed by atoms with van der Waals surface area (Å²) >= 11 is 0. The number of methoxy groups -OCH3 is 1.